The van der Waals surface area contributed by atoms with Crippen LogP contribution >= 0.6 is 0 Å². The van der Waals surface area contributed by atoms with Crippen molar-refractivity contribution in [2.24, 2.45) is 17.8 Å². The molecule has 3 aliphatic rings. The van der Waals surface area contributed by atoms with Crippen LogP contribution in [0.4, 0.5) is 0 Å². The van der Waals surface area contributed by atoms with E-state index in [1.54, 1.807) is 7.11 Å². The van der Waals surface area contributed by atoms with Gasteiger partial charge in [0.2, 0.25) is 0 Å². The van der Waals surface area contributed by atoms with Gasteiger partial charge in [-0.1, -0.05) is 56.2 Å². The Bertz CT molecular complexity index is 1620. The number of rotatable bonds is 15. The van der Waals surface area contributed by atoms with E-state index >= 15 is 0 Å². The second-order valence-electron chi connectivity index (χ2n) is 15.2. The monoisotopic (exact) mass is 681 g/mol. The molecule has 268 valence electrons. The molecule has 7 nitrogen and oxygen atoms in total. The Hall–Kier alpha value is -3.84. The standard InChI is InChI=1S/C43H55NO6/c1-30-21-24-43-23-8-7-13-38(43)37(30)27-33-17-18-35(28-39(33)43)49-41(45)19-20-42(46)50-36(22-25-44(2)3)29-48-40-14-6-5-11-32(40)16-15-31-10-9-12-34(26-31)47-4/h5-6,9-12,14,17-18,26,28,30,36-38H,7-8,13,15-16,19-25,27,29H2,1-4H3/t30?,36-,37+,38+,43-/m0/s1. The van der Waals surface area contributed by atoms with Crippen LogP contribution in [0.3, 0.4) is 0 Å². The predicted octanol–water partition coefficient (Wildman–Crippen LogP) is 8.14. The molecule has 0 aliphatic heterocycles. The minimum atomic E-state index is -0.447. The van der Waals surface area contributed by atoms with Crippen molar-refractivity contribution in [1.29, 1.82) is 0 Å². The van der Waals surface area contributed by atoms with Crippen molar-refractivity contribution >= 4 is 11.9 Å². The maximum absolute atomic E-state index is 13.0. The number of aryl methyl sites for hydroxylation is 2. The summed E-state index contributed by atoms with van der Waals surface area (Å²) >= 11 is 0. The lowest BCUT2D eigenvalue weighted by Gasteiger charge is -2.57. The molecule has 0 radical (unpaired) electrons. The number of ether oxygens (including phenoxy) is 4. The summed E-state index contributed by atoms with van der Waals surface area (Å²) in [6, 6.07) is 22.4. The molecule has 0 heterocycles. The fourth-order valence-corrected chi connectivity index (χ4v) is 8.97. The SMILES string of the molecule is COc1cccc(CCc2ccccc2OC[C@H](CCN(C)C)OC(=O)CCC(=O)Oc2ccc3c(c2)[C@]24CCCC[C@@H]2[C@H](C3)C(C)CC4)c1. The van der Waals surface area contributed by atoms with E-state index < -0.39 is 18.0 Å². The summed E-state index contributed by atoms with van der Waals surface area (Å²) in [5.74, 6) is 3.68. The number of carbonyl (C=O) groups excluding carboxylic acids is 2. The number of methoxy groups -OCH3 is 1. The highest BCUT2D eigenvalue weighted by molar-refractivity contribution is 5.79. The number of benzene rings is 3. The topological polar surface area (TPSA) is 74.3 Å². The van der Waals surface area contributed by atoms with Crippen molar-refractivity contribution in [2.75, 3.05) is 34.4 Å². The summed E-state index contributed by atoms with van der Waals surface area (Å²) in [5.41, 5.74) is 5.37. The molecule has 7 heteroatoms. The predicted molar refractivity (Wildman–Crippen MR) is 196 cm³/mol. The minimum Gasteiger partial charge on any atom is -0.497 e. The van der Waals surface area contributed by atoms with Gasteiger partial charge in [0.25, 0.3) is 0 Å². The molecule has 3 aliphatic carbocycles. The van der Waals surface area contributed by atoms with Gasteiger partial charge in [0, 0.05) is 13.0 Å². The van der Waals surface area contributed by atoms with Crippen molar-refractivity contribution < 1.29 is 28.5 Å². The molecule has 2 fully saturated rings. The summed E-state index contributed by atoms with van der Waals surface area (Å²) in [4.78, 5) is 28.1. The number of hydrogen-bond acceptors (Lipinski definition) is 7. The van der Waals surface area contributed by atoms with E-state index in [4.69, 9.17) is 18.9 Å². The molecule has 0 aromatic heterocycles. The lowest BCUT2D eigenvalue weighted by atomic mass is 9.47. The van der Waals surface area contributed by atoms with Crippen molar-refractivity contribution in [3.8, 4) is 17.2 Å². The molecule has 2 saturated carbocycles. The first-order valence-electron chi connectivity index (χ1n) is 18.8. The van der Waals surface area contributed by atoms with E-state index in [2.05, 4.69) is 42.2 Å². The molecule has 6 rings (SSSR count). The van der Waals surface area contributed by atoms with Crippen LogP contribution in [0.15, 0.2) is 66.7 Å². The van der Waals surface area contributed by atoms with Crippen LogP contribution in [-0.2, 0) is 39.0 Å². The molecular formula is C43H55NO6. The van der Waals surface area contributed by atoms with Gasteiger partial charge in [-0.05, 0) is 135 Å². The van der Waals surface area contributed by atoms with Crippen molar-refractivity contribution in [3.63, 3.8) is 0 Å². The van der Waals surface area contributed by atoms with Crippen LogP contribution in [0.25, 0.3) is 0 Å². The summed E-state index contributed by atoms with van der Waals surface area (Å²) in [5, 5.41) is 0. The molecule has 0 N–H and O–H groups in total. The summed E-state index contributed by atoms with van der Waals surface area (Å²) in [7, 11) is 5.66. The maximum Gasteiger partial charge on any atom is 0.311 e. The molecule has 0 spiro atoms. The van der Waals surface area contributed by atoms with E-state index in [0.29, 0.717) is 12.2 Å². The summed E-state index contributed by atoms with van der Waals surface area (Å²) in [6.45, 7) is 3.41. The van der Waals surface area contributed by atoms with Gasteiger partial charge in [0.1, 0.15) is 30.0 Å². The van der Waals surface area contributed by atoms with Crippen LogP contribution in [0, 0.1) is 17.8 Å². The fraction of sp³-hybridized carbons (Fsp3) is 0.535. The second kappa shape index (κ2) is 16.5. The Kier molecular flexibility index (Phi) is 11.8. The molecule has 3 aromatic carbocycles. The van der Waals surface area contributed by atoms with Gasteiger partial charge in [-0.25, -0.2) is 0 Å². The Morgan fingerprint density at radius 1 is 0.900 bits per heavy atom. The Balaban J connectivity index is 1.02. The first-order chi connectivity index (χ1) is 24.2. The number of fused-ring (bicyclic) bond motifs is 1. The zero-order valence-electron chi connectivity index (χ0n) is 30.5. The molecule has 1 unspecified atom stereocenters. The van der Waals surface area contributed by atoms with Crippen LogP contribution in [-0.4, -0.2) is 57.3 Å². The zero-order valence-corrected chi connectivity index (χ0v) is 30.5. The maximum atomic E-state index is 13.0. The third-order valence-electron chi connectivity index (χ3n) is 11.6. The number of para-hydroxylation sites is 1. The second-order valence-corrected chi connectivity index (χ2v) is 15.2. The van der Waals surface area contributed by atoms with Gasteiger partial charge in [0.15, 0.2) is 0 Å². The lowest BCUT2D eigenvalue weighted by molar-refractivity contribution is -0.153. The average molecular weight is 682 g/mol. The fourth-order valence-electron chi connectivity index (χ4n) is 8.97. The van der Waals surface area contributed by atoms with Gasteiger partial charge in [-0.2, -0.15) is 0 Å². The lowest BCUT2D eigenvalue weighted by Crippen LogP contribution is -2.51. The van der Waals surface area contributed by atoms with Crippen LogP contribution in [0.5, 0.6) is 17.2 Å². The van der Waals surface area contributed by atoms with Crippen LogP contribution < -0.4 is 14.2 Å². The smallest absolute Gasteiger partial charge is 0.311 e. The largest absolute Gasteiger partial charge is 0.497 e. The first-order valence-corrected chi connectivity index (χ1v) is 18.8. The van der Waals surface area contributed by atoms with E-state index in [0.717, 1.165) is 60.6 Å². The third-order valence-corrected chi connectivity index (χ3v) is 11.6. The number of hydrogen-bond donors (Lipinski definition) is 0. The Morgan fingerprint density at radius 3 is 2.58 bits per heavy atom. The van der Waals surface area contributed by atoms with Gasteiger partial charge >= 0.3 is 11.9 Å². The van der Waals surface area contributed by atoms with Crippen molar-refractivity contribution in [2.45, 2.75) is 95.5 Å². The summed E-state index contributed by atoms with van der Waals surface area (Å²) in [6.07, 6.45) is 10.6. The van der Waals surface area contributed by atoms with Gasteiger partial charge in [-0.15, -0.1) is 0 Å². The Morgan fingerprint density at radius 2 is 1.74 bits per heavy atom. The molecular weight excluding hydrogens is 626 g/mol. The average Bonchev–Trinajstić information content (AvgIpc) is 3.13. The van der Waals surface area contributed by atoms with Crippen LogP contribution in [0.2, 0.25) is 0 Å². The molecule has 0 saturated heterocycles. The molecule has 3 aromatic rings. The van der Waals surface area contributed by atoms with Crippen LogP contribution in [0.1, 0.15) is 87.0 Å². The van der Waals surface area contributed by atoms with Gasteiger partial charge < -0.3 is 23.8 Å². The molecule has 0 amide bonds. The Labute approximate surface area is 298 Å². The third kappa shape index (κ3) is 8.54. The van der Waals surface area contributed by atoms with E-state index in [1.807, 2.05) is 50.5 Å². The van der Waals surface area contributed by atoms with E-state index in [9.17, 15) is 9.59 Å². The van der Waals surface area contributed by atoms with E-state index in [1.165, 1.54) is 55.2 Å². The minimum absolute atomic E-state index is 0.0301. The number of esters is 2. The van der Waals surface area contributed by atoms with Gasteiger partial charge in [-0.3, -0.25) is 9.59 Å². The quantitative estimate of drug-likeness (QED) is 0.118. The number of carbonyl (C=O) groups is 2. The van der Waals surface area contributed by atoms with E-state index in [-0.39, 0.29) is 24.9 Å². The molecule has 2 bridgehead atoms. The zero-order chi connectivity index (χ0) is 35.1. The molecule has 50 heavy (non-hydrogen) atoms. The highest BCUT2D eigenvalue weighted by Crippen LogP contribution is 2.60. The van der Waals surface area contributed by atoms with Crippen molar-refractivity contribution in [3.05, 3.63) is 89.0 Å². The van der Waals surface area contributed by atoms with Gasteiger partial charge in [0.05, 0.1) is 20.0 Å². The molecule has 5 atom stereocenters. The summed E-state index contributed by atoms with van der Waals surface area (Å²) < 4.78 is 23.4. The first kappa shape index (κ1) is 36.0. The normalized spacial score (nSPS) is 22.9. The highest BCUT2D eigenvalue weighted by atomic mass is 16.6. The van der Waals surface area contributed by atoms with Crippen molar-refractivity contribution in [1.82, 2.24) is 4.90 Å². The highest BCUT2D eigenvalue weighted by Gasteiger charge is 2.53. The number of nitrogens with zero attached hydrogens (tertiary/aromatic N) is 1.